The Morgan fingerprint density at radius 1 is 1.11 bits per heavy atom. The van der Waals surface area contributed by atoms with Crippen molar-refractivity contribution in [1.82, 2.24) is 15.5 Å². The molecule has 2 N–H and O–H groups in total. The van der Waals surface area contributed by atoms with Crippen LogP contribution in [0, 0.1) is 6.92 Å². The van der Waals surface area contributed by atoms with Crippen LogP contribution in [-0.4, -0.2) is 27.9 Å². The van der Waals surface area contributed by atoms with Gasteiger partial charge in [-0.1, -0.05) is 65.3 Å². The summed E-state index contributed by atoms with van der Waals surface area (Å²) in [7, 11) is 0. The molecule has 35 heavy (non-hydrogen) atoms. The zero-order valence-corrected chi connectivity index (χ0v) is 20.4. The van der Waals surface area contributed by atoms with Gasteiger partial charge in [0.05, 0.1) is 6.04 Å². The van der Waals surface area contributed by atoms with Crippen molar-refractivity contribution in [2.45, 2.75) is 32.9 Å². The van der Waals surface area contributed by atoms with Crippen LogP contribution in [0.2, 0.25) is 5.02 Å². The summed E-state index contributed by atoms with van der Waals surface area (Å²) in [5.41, 5.74) is 4.65. The number of amides is 1. The summed E-state index contributed by atoms with van der Waals surface area (Å²) < 4.78 is 5.61. The van der Waals surface area contributed by atoms with Gasteiger partial charge in [0.2, 0.25) is 0 Å². The van der Waals surface area contributed by atoms with Crippen LogP contribution in [-0.2, 0) is 13.0 Å². The Morgan fingerprint density at radius 2 is 1.89 bits per heavy atom. The van der Waals surface area contributed by atoms with E-state index in [1.807, 2.05) is 54.7 Å². The fourth-order valence-electron chi connectivity index (χ4n) is 4.03. The zero-order valence-electron chi connectivity index (χ0n) is 19.6. The maximum atomic E-state index is 12.4. The van der Waals surface area contributed by atoms with Crippen LogP contribution >= 0.6 is 11.6 Å². The molecule has 1 amide bonds. The van der Waals surface area contributed by atoms with Crippen molar-refractivity contribution in [1.29, 1.82) is 0 Å². The number of nitrogens with one attached hydrogen (secondary N) is 1. The maximum absolute atomic E-state index is 12.4. The molecule has 1 unspecified atom stereocenters. The molecule has 0 saturated carbocycles. The highest BCUT2D eigenvalue weighted by Gasteiger charge is 2.31. The zero-order chi connectivity index (χ0) is 24.8. The molecule has 4 rings (SSSR count). The summed E-state index contributed by atoms with van der Waals surface area (Å²) in [6.45, 7) is 5.09. The Balaban J connectivity index is 1.51. The average Bonchev–Trinajstić information content (AvgIpc) is 3.24. The van der Waals surface area contributed by atoms with E-state index in [0.29, 0.717) is 34.3 Å². The molecule has 0 aliphatic carbocycles. The van der Waals surface area contributed by atoms with Crippen molar-refractivity contribution in [3.63, 3.8) is 0 Å². The van der Waals surface area contributed by atoms with Gasteiger partial charge in [-0.2, -0.15) is 0 Å². The summed E-state index contributed by atoms with van der Waals surface area (Å²) in [5.74, 6) is 0.403. The van der Waals surface area contributed by atoms with Crippen LogP contribution < -0.4 is 10.2 Å². The largest absolute Gasteiger partial charge is 0.465 e. The summed E-state index contributed by atoms with van der Waals surface area (Å²) in [4.78, 5) is 17.8. The van der Waals surface area contributed by atoms with Crippen molar-refractivity contribution in [3.05, 3.63) is 100 Å². The second kappa shape index (κ2) is 11.2. The molecule has 0 fully saturated rings. The molecule has 2 aromatic carbocycles. The van der Waals surface area contributed by atoms with E-state index < -0.39 is 12.1 Å². The number of carboxylic acid groups (broad SMARTS) is 1. The Morgan fingerprint density at radius 3 is 2.57 bits per heavy atom. The van der Waals surface area contributed by atoms with E-state index >= 15 is 0 Å². The SMILES string of the molecule is Cc1noc(-c2ccc(CNCCc3cccnc3)cc2)c1N(C(=O)O)C(C)c1ccccc1Cl. The number of aryl methyl sites for hydroxylation is 1. The van der Waals surface area contributed by atoms with Crippen molar-refractivity contribution >= 4 is 23.4 Å². The number of rotatable bonds is 9. The van der Waals surface area contributed by atoms with Crippen LogP contribution in [0.25, 0.3) is 11.3 Å². The molecule has 2 aromatic heterocycles. The number of hydrogen-bond donors (Lipinski definition) is 2. The van der Waals surface area contributed by atoms with Crippen LogP contribution in [0.5, 0.6) is 0 Å². The average molecular weight is 491 g/mol. The van der Waals surface area contributed by atoms with Gasteiger partial charge in [0.25, 0.3) is 0 Å². The summed E-state index contributed by atoms with van der Waals surface area (Å²) in [5, 5.41) is 18.1. The van der Waals surface area contributed by atoms with E-state index in [0.717, 1.165) is 24.1 Å². The third kappa shape index (κ3) is 5.70. The summed E-state index contributed by atoms with van der Waals surface area (Å²) in [6, 6.07) is 18.5. The Kier molecular flexibility index (Phi) is 7.80. The highest BCUT2D eigenvalue weighted by Crippen LogP contribution is 2.39. The van der Waals surface area contributed by atoms with E-state index in [2.05, 4.69) is 21.5 Å². The highest BCUT2D eigenvalue weighted by molar-refractivity contribution is 6.31. The van der Waals surface area contributed by atoms with Gasteiger partial charge in [0.15, 0.2) is 5.76 Å². The van der Waals surface area contributed by atoms with Gasteiger partial charge in [0, 0.05) is 29.5 Å². The van der Waals surface area contributed by atoms with E-state index in [4.69, 9.17) is 16.1 Å². The number of anilines is 1. The van der Waals surface area contributed by atoms with Crippen molar-refractivity contribution in [3.8, 4) is 11.3 Å². The fraction of sp³-hybridized carbons (Fsp3) is 0.222. The predicted octanol–water partition coefficient (Wildman–Crippen LogP) is 6.28. The topological polar surface area (TPSA) is 91.5 Å². The first kappa shape index (κ1) is 24.4. The highest BCUT2D eigenvalue weighted by atomic mass is 35.5. The predicted molar refractivity (Wildman–Crippen MR) is 137 cm³/mol. The molecule has 2 heterocycles. The quantitative estimate of drug-likeness (QED) is 0.268. The van der Waals surface area contributed by atoms with Crippen molar-refractivity contribution in [2.75, 3.05) is 11.4 Å². The van der Waals surface area contributed by atoms with Gasteiger partial charge in [-0.25, -0.2) is 4.79 Å². The molecule has 4 aromatic rings. The van der Waals surface area contributed by atoms with Gasteiger partial charge in [-0.05, 0) is 55.6 Å². The lowest BCUT2D eigenvalue weighted by molar-refractivity contribution is 0.199. The second-order valence-electron chi connectivity index (χ2n) is 8.28. The lowest BCUT2D eigenvalue weighted by Gasteiger charge is -2.27. The molecule has 0 aliphatic heterocycles. The number of aromatic nitrogens is 2. The first-order valence-electron chi connectivity index (χ1n) is 11.4. The fourth-order valence-corrected chi connectivity index (χ4v) is 4.33. The normalized spacial score (nSPS) is 11.9. The smallest absolute Gasteiger partial charge is 0.412 e. The first-order chi connectivity index (χ1) is 17.0. The Hall–Kier alpha value is -3.68. The standard InChI is InChI=1S/C27H27ClN4O3/c1-18-25(32(27(33)34)19(2)23-7-3-4-8-24(23)28)26(35-31-18)22-11-9-21(10-12-22)17-30-15-13-20-6-5-14-29-16-20/h3-12,14,16,19,30H,13,15,17H2,1-2H3,(H,33,34). The minimum atomic E-state index is -1.11. The van der Waals surface area contributed by atoms with E-state index in [1.54, 1.807) is 26.1 Å². The Labute approximate surface area is 209 Å². The monoisotopic (exact) mass is 490 g/mol. The van der Waals surface area contributed by atoms with E-state index in [9.17, 15) is 9.90 Å². The lowest BCUT2D eigenvalue weighted by Crippen LogP contribution is -2.33. The summed E-state index contributed by atoms with van der Waals surface area (Å²) in [6.07, 6.45) is 3.44. The molecule has 0 aliphatic rings. The number of pyridine rings is 1. The molecular weight excluding hydrogens is 464 g/mol. The molecule has 180 valence electrons. The van der Waals surface area contributed by atoms with E-state index in [1.165, 1.54) is 10.5 Å². The third-order valence-corrected chi connectivity index (χ3v) is 6.22. The van der Waals surface area contributed by atoms with Gasteiger partial charge >= 0.3 is 6.09 Å². The van der Waals surface area contributed by atoms with Gasteiger partial charge in [0.1, 0.15) is 11.4 Å². The second-order valence-corrected chi connectivity index (χ2v) is 8.69. The number of nitrogens with zero attached hydrogens (tertiary/aromatic N) is 3. The van der Waals surface area contributed by atoms with E-state index in [-0.39, 0.29) is 0 Å². The molecule has 0 radical (unpaired) electrons. The number of benzene rings is 2. The van der Waals surface area contributed by atoms with Gasteiger partial charge in [-0.15, -0.1) is 0 Å². The van der Waals surface area contributed by atoms with Gasteiger partial charge < -0.3 is 14.9 Å². The number of hydrogen-bond acceptors (Lipinski definition) is 5. The number of carbonyl (C=O) groups is 1. The number of halogens is 1. The lowest BCUT2D eigenvalue weighted by atomic mass is 10.0. The maximum Gasteiger partial charge on any atom is 0.412 e. The third-order valence-electron chi connectivity index (χ3n) is 5.88. The molecule has 8 heteroatoms. The molecule has 0 bridgehead atoms. The Bertz CT molecular complexity index is 1280. The molecule has 7 nitrogen and oxygen atoms in total. The van der Waals surface area contributed by atoms with Crippen molar-refractivity contribution < 1.29 is 14.4 Å². The van der Waals surface area contributed by atoms with Gasteiger partial charge in [-0.3, -0.25) is 9.88 Å². The molecule has 0 spiro atoms. The summed E-state index contributed by atoms with van der Waals surface area (Å²) >= 11 is 6.36. The van der Waals surface area contributed by atoms with Crippen molar-refractivity contribution in [2.24, 2.45) is 0 Å². The molecular formula is C27H27ClN4O3. The molecule has 0 saturated heterocycles. The minimum Gasteiger partial charge on any atom is -0.465 e. The molecule has 1 atom stereocenters. The van der Waals surface area contributed by atoms with Crippen LogP contribution in [0.15, 0.2) is 77.6 Å². The van der Waals surface area contributed by atoms with Crippen LogP contribution in [0.1, 0.15) is 35.3 Å². The minimum absolute atomic E-state index is 0.403. The van der Waals surface area contributed by atoms with Crippen LogP contribution in [0.4, 0.5) is 10.5 Å². The van der Waals surface area contributed by atoms with Crippen LogP contribution in [0.3, 0.4) is 0 Å². The first-order valence-corrected chi connectivity index (χ1v) is 11.7.